The Balaban J connectivity index is 1.86. The molecule has 0 spiro atoms. The first-order chi connectivity index (χ1) is 16.0. The fourth-order valence-corrected chi connectivity index (χ4v) is 3.43. The van der Waals surface area contributed by atoms with Crippen molar-refractivity contribution in [1.82, 2.24) is 14.9 Å². The van der Waals surface area contributed by atoms with Crippen molar-refractivity contribution in [1.29, 1.82) is 0 Å². The van der Waals surface area contributed by atoms with E-state index in [1.54, 1.807) is 23.7 Å². The summed E-state index contributed by atoms with van der Waals surface area (Å²) in [7, 11) is 1.71. The molecule has 0 unspecified atom stereocenters. The zero-order valence-electron chi connectivity index (χ0n) is 18.8. The van der Waals surface area contributed by atoms with Crippen molar-refractivity contribution >= 4 is 23.3 Å². The van der Waals surface area contributed by atoms with Crippen LogP contribution in [-0.2, 0) is 17.9 Å². The molecule has 3 aromatic rings. The molecule has 0 aliphatic rings. The van der Waals surface area contributed by atoms with Gasteiger partial charge in [0.2, 0.25) is 0 Å². The number of carbonyl (C=O) groups excluding carboxylic acids is 1. The highest BCUT2D eigenvalue weighted by Crippen LogP contribution is 2.25. The van der Waals surface area contributed by atoms with Gasteiger partial charge in [0.1, 0.15) is 6.61 Å². The molecule has 0 radical (unpaired) electrons. The number of nitrogens with one attached hydrogen (secondary N) is 2. The van der Waals surface area contributed by atoms with E-state index in [1.807, 2.05) is 43.3 Å². The van der Waals surface area contributed by atoms with Crippen LogP contribution in [0, 0.1) is 6.92 Å². The number of imidazole rings is 1. The molecule has 1 amide bonds. The van der Waals surface area contributed by atoms with Gasteiger partial charge in [0.15, 0.2) is 11.5 Å². The number of amides is 1. The Labute approximate surface area is 198 Å². The van der Waals surface area contributed by atoms with Gasteiger partial charge in [0.05, 0.1) is 26.4 Å². The highest BCUT2D eigenvalue weighted by molar-refractivity contribution is 6.30. The summed E-state index contributed by atoms with van der Waals surface area (Å²) in [4.78, 5) is 17.6. The number of hydrogen-bond donors (Lipinski definition) is 3. The van der Waals surface area contributed by atoms with Gasteiger partial charge in [-0.1, -0.05) is 53.6 Å². The van der Waals surface area contributed by atoms with Crippen LogP contribution in [0.2, 0.25) is 5.02 Å². The highest BCUT2D eigenvalue weighted by Gasteiger charge is 2.24. The van der Waals surface area contributed by atoms with Crippen molar-refractivity contribution in [2.75, 3.05) is 38.7 Å². The lowest BCUT2D eigenvalue weighted by Crippen LogP contribution is -2.30. The maximum atomic E-state index is 13.1. The Hall–Kier alpha value is -3.07. The maximum absolute atomic E-state index is 13.1. The number of aryl methyl sites for hydroxylation is 1. The average Bonchev–Trinajstić information content (AvgIpc) is 3.16. The number of ether oxygens (including phenoxy) is 2. The van der Waals surface area contributed by atoms with Crippen LogP contribution in [0.4, 0.5) is 5.82 Å². The van der Waals surface area contributed by atoms with Gasteiger partial charge in [-0.3, -0.25) is 9.36 Å². The Bertz CT molecular complexity index is 1050. The molecule has 0 aliphatic carbocycles. The Morgan fingerprint density at radius 3 is 2.64 bits per heavy atom. The summed E-state index contributed by atoms with van der Waals surface area (Å²) < 4.78 is 13.0. The largest absolute Gasteiger partial charge is 0.460 e. The number of hydrogen-bond acceptors (Lipinski definition) is 6. The molecule has 33 heavy (non-hydrogen) atoms. The molecule has 3 rings (SSSR count). The van der Waals surface area contributed by atoms with Gasteiger partial charge in [-0.05, 0) is 30.2 Å². The van der Waals surface area contributed by atoms with Gasteiger partial charge in [0.25, 0.3) is 11.9 Å². The van der Waals surface area contributed by atoms with E-state index < -0.39 is 0 Å². The third-order valence-electron chi connectivity index (χ3n) is 4.86. The number of nitrogens with zero attached hydrogens (tertiary/aromatic N) is 2. The van der Waals surface area contributed by atoms with Crippen molar-refractivity contribution in [3.05, 3.63) is 75.9 Å². The smallest absolute Gasteiger partial charge is 0.299 e. The summed E-state index contributed by atoms with van der Waals surface area (Å²) in [6.07, 6.45) is 0. The second-order valence-electron chi connectivity index (χ2n) is 7.42. The van der Waals surface area contributed by atoms with Crippen molar-refractivity contribution in [2.24, 2.45) is 0 Å². The molecule has 0 saturated carbocycles. The summed E-state index contributed by atoms with van der Waals surface area (Å²) in [6, 6.07) is 15.8. The molecule has 0 aliphatic heterocycles. The van der Waals surface area contributed by atoms with E-state index in [0.29, 0.717) is 48.8 Å². The van der Waals surface area contributed by atoms with Crippen LogP contribution in [0.5, 0.6) is 6.01 Å². The molecule has 3 N–H and O–H groups in total. The van der Waals surface area contributed by atoms with Gasteiger partial charge in [-0.25, -0.2) is 0 Å². The van der Waals surface area contributed by atoms with Crippen LogP contribution in [0.3, 0.4) is 0 Å². The van der Waals surface area contributed by atoms with Crippen LogP contribution in [0.25, 0.3) is 0 Å². The SMILES string of the molecule is CNc1nc(OCc2cccc(C)c2)n(Cc2ccc(Cl)cc2)c1C(=O)NCCOCCO. The van der Waals surface area contributed by atoms with Gasteiger partial charge in [0, 0.05) is 18.6 Å². The van der Waals surface area contributed by atoms with Crippen LogP contribution < -0.4 is 15.4 Å². The molecule has 0 saturated heterocycles. The van der Waals surface area contributed by atoms with Crippen molar-refractivity contribution in [3.63, 3.8) is 0 Å². The minimum Gasteiger partial charge on any atom is -0.460 e. The summed E-state index contributed by atoms with van der Waals surface area (Å²) in [5.41, 5.74) is 3.45. The average molecular weight is 473 g/mol. The predicted molar refractivity (Wildman–Crippen MR) is 128 cm³/mol. The molecule has 8 nitrogen and oxygen atoms in total. The number of aromatic nitrogens is 2. The molecule has 0 fully saturated rings. The fraction of sp³-hybridized carbons (Fsp3) is 0.333. The van der Waals surface area contributed by atoms with E-state index in [4.69, 9.17) is 26.2 Å². The van der Waals surface area contributed by atoms with E-state index in [0.717, 1.165) is 16.7 Å². The predicted octanol–water partition coefficient (Wildman–Crippen LogP) is 3.25. The summed E-state index contributed by atoms with van der Waals surface area (Å²) >= 11 is 6.03. The molecule has 0 atom stereocenters. The zero-order valence-corrected chi connectivity index (χ0v) is 19.6. The monoisotopic (exact) mass is 472 g/mol. The molecule has 0 bridgehead atoms. The second kappa shape index (κ2) is 12.2. The number of aliphatic hydroxyl groups excluding tert-OH is 1. The van der Waals surface area contributed by atoms with E-state index in [9.17, 15) is 4.79 Å². The Kier molecular flexibility index (Phi) is 9.12. The lowest BCUT2D eigenvalue weighted by atomic mass is 10.1. The van der Waals surface area contributed by atoms with Gasteiger partial charge >= 0.3 is 0 Å². The molecular weight excluding hydrogens is 444 g/mol. The number of benzene rings is 2. The van der Waals surface area contributed by atoms with Crippen LogP contribution in [0.15, 0.2) is 48.5 Å². The van der Waals surface area contributed by atoms with Crippen molar-refractivity contribution < 1.29 is 19.4 Å². The van der Waals surface area contributed by atoms with Gasteiger partial charge in [-0.2, -0.15) is 4.98 Å². The molecule has 1 aromatic heterocycles. The first-order valence-electron chi connectivity index (χ1n) is 10.7. The Morgan fingerprint density at radius 2 is 1.94 bits per heavy atom. The van der Waals surface area contributed by atoms with E-state index >= 15 is 0 Å². The molecule has 176 valence electrons. The fourth-order valence-electron chi connectivity index (χ4n) is 3.30. The lowest BCUT2D eigenvalue weighted by molar-refractivity contribution is 0.0832. The third-order valence-corrected chi connectivity index (χ3v) is 5.11. The molecule has 1 heterocycles. The molecular formula is C24H29ClN4O4. The summed E-state index contributed by atoms with van der Waals surface area (Å²) in [6.45, 7) is 3.47. The normalized spacial score (nSPS) is 10.8. The topological polar surface area (TPSA) is 97.6 Å². The van der Waals surface area contributed by atoms with E-state index in [2.05, 4.69) is 15.6 Å². The first-order valence-corrected chi connectivity index (χ1v) is 11.1. The number of rotatable bonds is 12. The molecule has 2 aromatic carbocycles. The quantitative estimate of drug-likeness (QED) is 0.350. The first kappa shape index (κ1) is 24.6. The maximum Gasteiger partial charge on any atom is 0.299 e. The molecule has 9 heteroatoms. The lowest BCUT2D eigenvalue weighted by Gasteiger charge is -2.13. The highest BCUT2D eigenvalue weighted by atomic mass is 35.5. The van der Waals surface area contributed by atoms with Gasteiger partial charge < -0.3 is 25.2 Å². The number of halogens is 1. The number of anilines is 1. The second-order valence-corrected chi connectivity index (χ2v) is 7.86. The zero-order chi connectivity index (χ0) is 23.6. The van der Waals surface area contributed by atoms with Crippen molar-refractivity contribution in [2.45, 2.75) is 20.1 Å². The minimum absolute atomic E-state index is 0.0622. The summed E-state index contributed by atoms with van der Waals surface area (Å²) in [5.74, 6) is 0.107. The standard InChI is InChI=1S/C24H29ClN4O4/c1-17-4-3-5-19(14-17)16-33-24-28-22(26-2)21(23(31)27-10-12-32-13-11-30)29(24)15-18-6-8-20(25)9-7-18/h3-9,14,26,30H,10-13,15-16H2,1-2H3,(H,27,31). The van der Waals surface area contributed by atoms with Crippen LogP contribution >= 0.6 is 11.6 Å². The Morgan fingerprint density at radius 1 is 1.15 bits per heavy atom. The van der Waals surface area contributed by atoms with Gasteiger partial charge in [-0.15, -0.1) is 0 Å². The minimum atomic E-state index is -0.307. The van der Waals surface area contributed by atoms with Crippen LogP contribution in [-0.4, -0.2) is 54.0 Å². The van der Waals surface area contributed by atoms with E-state index in [1.165, 1.54) is 0 Å². The third kappa shape index (κ3) is 6.95. The van der Waals surface area contributed by atoms with E-state index in [-0.39, 0.29) is 19.1 Å². The number of carbonyl (C=O) groups is 1. The summed E-state index contributed by atoms with van der Waals surface area (Å²) in [5, 5.41) is 15.3. The van der Waals surface area contributed by atoms with Crippen molar-refractivity contribution in [3.8, 4) is 6.01 Å². The van der Waals surface area contributed by atoms with Crippen LogP contribution in [0.1, 0.15) is 27.2 Å². The number of aliphatic hydroxyl groups is 1.